The molecule has 3 fully saturated rings. The molecule has 2 aromatic carbocycles. The van der Waals surface area contributed by atoms with Gasteiger partial charge in [0.2, 0.25) is 0 Å². The minimum atomic E-state index is -0.141. The van der Waals surface area contributed by atoms with Crippen molar-refractivity contribution < 1.29 is 14.3 Å². The van der Waals surface area contributed by atoms with Crippen LogP contribution in [-0.4, -0.2) is 75.7 Å². The van der Waals surface area contributed by atoms with Gasteiger partial charge in [0.1, 0.15) is 11.5 Å². The Kier molecular flexibility index (Phi) is 6.61. The van der Waals surface area contributed by atoms with Crippen molar-refractivity contribution >= 4 is 23.5 Å². The molecule has 4 heterocycles. The van der Waals surface area contributed by atoms with Gasteiger partial charge in [0.05, 0.1) is 11.8 Å². The fraction of sp³-hybridized carbons (Fsp3) is 0.393. The third-order valence-corrected chi connectivity index (χ3v) is 7.88. The molecule has 6 rings (SSSR count). The molecule has 0 N–H and O–H groups in total. The summed E-state index contributed by atoms with van der Waals surface area (Å²) >= 11 is 5.94. The summed E-state index contributed by atoms with van der Waals surface area (Å²) in [4.78, 5) is 31.8. The lowest BCUT2D eigenvalue weighted by atomic mass is 10.0. The number of nitrogens with zero attached hydrogens (tertiary/aromatic N) is 5. The zero-order chi connectivity index (χ0) is 25.4. The van der Waals surface area contributed by atoms with E-state index in [0.717, 1.165) is 70.2 Å². The molecular weight excluding hydrogens is 490 g/mol. The van der Waals surface area contributed by atoms with Crippen molar-refractivity contribution in [2.45, 2.75) is 19.4 Å². The number of hydrogen-bond acceptors (Lipinski definition) is 5. The summed E-state index contributed by atoms with van der Waals surface area (Å²) in [5.74, 6) is 2.43. The van der Waals surface area contributed by atoms with Gasteiger partial charge in [-0.2, -0.15) is 9.78 Å². The van der Waals surface area contributed by atoms with Crippen LogP contribution in [0.4, 0.5) is 4.79 Å². The Bertz CT molecular complexity index is 1260. The fourth-order valence-corrected chi connectivity index (χ4v) is 5.85. The molecule has 2 unspecified atom stereocenters. The summed E-state index contributed by atoms with van der Waals surface area (Å²) in [5.41, 5.74) is 1.73. The molecule has 3 aliphatic rings. The number of halogens is 1. The number of carbonyl (C=O) groups excluding carboxylic acids is 2. The van der Waals surface area contributed by atoms with Crippen molar-refractivity contribution in [1.82, 2.24) is 24.5 Å². The molecule has 1 aromatic heterocycles. The lowest BCUT2D eigenvalue weighted by Gasteiger charge is -2.21. The van der Waals surface area contributed by atoms with E-state index in [2.05, 4.69) is 22.1 Å². The molecule has 3 aromatic rings. The number of carbonyl (C=O) groups is 2. The smallest absolute Gasteiger partial charge is 0.344 e. The minimum Gasteiger partial charge on any atom is -0.457 e. The first kappa shape index (κ1) is 24.0. The fourth-order valence-electron chi connectivity index (χ4n) is 5.72. The summed E-state index contributed by atoms with van der Waals surface area (Å²) in [6.45, 7) is 5.83. The van der Waals surface area contributed by atoms with Crippen LogP contribution in [0.3, 0.4) is 0 Å². The largest absolute Gasteiger partial charge is 0.457 e. The normalized spacial score (nSPS) is 21.4. The zero-order valence-corrected chi connectivity index (χ0v) is 21.4. The highest BCUT2D eigenvalue weighted by Gasteiger charge is 2.42. The summed E-state index contributed by atoms with van der Waals surface area (Å²) in [5, 5.41) is 4.89. The van der Waals surface area contributed by atoms with Crippen LogP contribution in [0.1, 0.15) is 28.8 Å². The monoisotopic (exact) mass is 519 g/mol. The molecule has 0 bridgehead atoms. The SMILES string of the molecule is O=C(c1cnn(C(=O)N2CC3CN(Cc4ccc(Oc5ccc(Cl)cc5)cc4)CC3C2)c1)N1CCCC1. The molecule has 0 radical (unpaired) electrons. The van der Waals surface area contributed by atoms with Crippen molar-refractivity contribution in [3.05, 3.63) is 77.1 Å². The van der Waals surface area contributed by atoms with Gasteiger partial charge < -0.3 is 14.5 Å². The molecule has 37 heavy (non-hydrogen) atoms. The van der Waals surface area contributed by atoms with Crippen LogP contribution < -0.4 is 4.74 Å². The van der Waals surface area contributed by atoms with Gasteiger partial charge >= 0.3 is 6.03 Å². The molecule has 3 saturated heterocycles. The van der Waals surface area contributed by atoms with Crippen LogP contribution in [0.25, 0.3) is 0 Å². The van der Waals surface area contributed by atoms with E-state index >= 15 is 0 Å². The predicted molar refractivity (Wildman–Crippen MR) is 140 cm³/mol. The van der Waals surface area contributed by atoms with Crippen LogP contribution in [0, 0.1) is 11.8 Å². The Hall–Kier alpha value is -3.36. The molecule has 0 spiro atoms. The second kappa shape index (κ2) is 10.2. The molecule has 2 atom stereocenters. The Balaban J connectivity index is 0.998. The molecule has 2 amide bonds. The van der Waals surface area contributed by atoms with E-state index in [1.165, 1.54) is 16.4 Å². The second-order valence-corrected chi connectivity index (χ2v) is 10.7. The lowest BCUT2D eigenvalue weighted by molar-refractivity contribution is 0.0793. The van der Waals surface area contributed by atoms with E-state index in [0.29, 0.717) is 22.4 Å². The Morgan fingerprint density at radius 3 is 2.14 bits per heavy atom. The highest BCUT2D eigenvalue weighted by molar-refractivity contribution is 6.30. The van der Waals surface area contributed by atoms with E-state index in [1.54, 1.807) is 6.20 Å². The predicted octanol–water partition coefficient (Wildman–Crippen LogP) is 4.60. The highest BCUT2D eigenvalue weighted by atomic mass is 35.5. The Morgan fingerprint density at radius 1 is 0.865 bits per heavy atom. The van der Waals surface area contributed by atoms with Gasteiger partial charge in [0.15, 0.2) is 0 Å². The first-order valence-corrected chi connectivity index (χ1v) is 13.3. The van der Waals surface area contributed by atoms with E-state index in [9.17, 15) is 9.59 Å². The number of ether oxygens (including phenoxy) is 1. The van der Waals surface area contributed by atoms with E-state index in [-0.39, 0.29) is 11.9 Å². The van der Waals surface area contributed by atoms with Gasteiger partial charge in [0.25, 0.3) is 5.91 Å². The van der Waals surface area contributed by atoms with Crippen molar-refractivity contribution in [3.8, 4) is 11.5 Å². The van der Waals surface area contributed by atoms with E-state index in [4.69, 9.17) is 16.3 Å². The Morgan fingerprint density at radius 2 is 1.49 bits per heavy atom. The maximum atomic E-state index is 13.1. The zero-order valence-electron chi connectivity index (χ0n) is 20.6. The first-order chi connectivity index (χ1) is 18.0. The molecule has 9 heteroatoms. The standard InChI is InChI=1S/C28H30ClN5O3/c29-24-5-9-26(10-6-24)37-25-7-3-20(4-8-25)14-31-15-22-17-33(18-23(22)16-31)28(36)34-19-21(13-30-34)27(35)32-11-1-2-12-32/h3-10,13,19,22-23H,1-2,11-12,14-18H2. The lowest BCUT2D eigenvalue weighted by Crippen LogP contribution is -2.36. The maximum Gasteiger partial charge on any atom is 0.344 e. The summed E-state index contributed by atoms with van der Waals surface area (Å²) < 4.78 is 7.22. The molecule has 8 nitrogen and oxygen atoms in total. The minimum absolute atomic E-state index is 0.0324. The van der Waals surface area contributed by atoms with Crippen LogP contribution in [0.5, 0.6) is 11.5 Å². The van der Waals surface area contributed by atoms with Crippen molar-refractivity contribution in [1.29, 1.82) is 0 Å². The number of rotatable bonds is 5. The van der Waals surface area contributed by atoms with Gasteiger partial charge in [-0.3, -0.25) is 9.69 Å². The highest BCUT2D eigenvalue weighted by Crippen LogP contribution is 2.32. The second-order valence-electron chi connectivity index (χ2n) is 10.3. The van der Waals surface area contributed by atoms with Crippen molar-refractivity contribution in [2.24, 2.45) is 11.8 Å². The maximum absolute atomic E-state index is 13.1. The number of hydrogen-bond donors (Lipinski definition) is 0. The van der Waals surface area contributed by atoms with Crippen LogP contribution in [-0.2, 0) is 6.54 Å². The van der Waals surface area contributed by atoms with Gasteiger partial charge in [-0.05, 0) is 66.6 Å². The summed E-state index contributed by atoms with van der Waals surface area (Å²) in [6, 6.07) is 15.4. The van der Waals surface area contributed by atoms with Crippen LogP contribution in [0.15, 0.2) is 60.9 Å². The van der Waals surface area contributed by atoms with Gasteiger partial charge in [-0.15, -0.1) is 0 Å². The quantitative estimate of drug-likeness (QED) is 0.493. The van der Waals surface area contributed by atoms with Crippen LogP contribution in [0.2, 0.25) is 5.02 Å². The summed E-state index contributed by atoms with van der Waals surface area (Å²) in [7, 11) is 0. The van der Waals surface area contributed by atoms with Crippen molar-refractivity contribution in [2.75, 3.05) is 39.3 Å². The first-order valence-electron chi connectivity index (χ1n) is 12.9. The van der Waals surface area contributed by atoms with Crippen molar-refractivity contribution in [3.63, 3.8) is 0 Å². The molecule has 0 saturated carbocycles. The van der Waals surface area contributed by atoms with E-state index < -0.39 is 0 Å². The third kappa shape index (κ3) is 5.22. The number of amides is 2. The van der Waals surface area contributed by atoms with Gasteiger partial charge in [-0.1, -0.05) is 23.7 Å². The van der Waals surface area contributed by atoms with Gasteiger partial charge in [0, 0.05) is 57.0 Å². The van der Waals surface area contributed by atoms with Crippen LogP contribution >= 0.6 is 11.6 Å². The average molecular weight is 520 g/mol. The number of likely N-dealkylation sites (tertiary alicyclic amines) is 3. The molecule has 0 aliphatic carbocycles. The number of fused-ring (bicyclic) bond motifs is 1. The van der Waals surface area contributed by atoms with E-state index in [1.807, 2.05) is 46.2 Å². The Labute approximate surface area is 221 Å². The number of aromatic nitrogens is 2. The molecular formula is C28H30ClN5O3. The summed E-state index contributed by atoms with van der Waals surface area (Å²) in [6.07, 6.45) is 5.18. The average Bonchev–Trinajstić information content (AvgIpc) is 3.70. The number of benzene rings is 2. The van der Waals surface area contributed by atoms with Gasteiger partial charge in [-0.25, -0.2) is 4.79 Å². The third-order valence-electron chi connectivity index (χ3n) is 7.63. The topological polar surface area (TPSA) is 70.9 Å². The molecule has 192 valence electrons. The molecule has 3 aliphatic heterocycles.